The topological polar surface area (TPSA) is 58.4 Å². The summed E-state index contributed by atoms with van der Waals surface area (Å²) >= 11 is 0. The first-order valence-corrected chi connectivity index (χ1v) is 6.97. The highest BCUT2D eigenvalue weighted by atomic mass is 16.1. The molecule has 0 spiro atoms. The van der Waals surface area contributed by atoms with Crippen LogP contribution in [0.5, 0.6) is 0 Å². The minimum Gasteiger partial charge on any atom is -0.355 e. The molecule has 106 valence electrons. The van der Waals surface area contributed by atoms with Crippen LogP contribution in [-0.4, -0.2) is 37.0 Å². The molecule has 0 aliphatic carbocycles. The minimum atomic E-state index is -0.227. The second-order valence-electron chi connectivity index (χ2n) is 4.60. The van der Waals surface area contributed by atoms with Crippen LogP contribution >= 0.6 is 0 Å². The number of likely N-dealkylation sites (N-methyl/N-ethyl adjacent to an activating group) is 1. The van der Waals surface area contributed by atoms with Crippen molar-refractivity contribution in [2.75, 3.05) is 26.2 Å². The lowest BCUT2D eigenvalue weighted by molar-refractivity contribution is -0.121. The highest BCUT2D eigenvalue weighted by molar-refractivity contribution is 5.76. The maximum absolute atomic E-state index is 11.8. The van der Waals surface area contributed by atoms with Crippen molar-refractivity contribution in [1.82, 2.24) is 10.2 Å². The van der Waals surface area contributed by atoms with Crippen LogP contribution < -0.4 is 11.1 Å². The van der Waals surface area contributed by atoms with Crippen molar-refractivity contribution >= 4 is 5.91 Å². The normalized spacial score (nSPS) is 12.4. The fraction of sp³-hybridized carbons (Fsp3) is 0.533. The second kappa shape index (κ2) is 8.67. The lowest BCUT2D eigenvalue weighted by atomic mass is 10.0. The molecule has 1 amide bonds. The van der Waals surface area contributed by atoms with Crippen molar-refractivity contribution in [3.05, 3.63) is 35.9 Å². The molecule has 0 aliphatic heterocycles. The Kier molecular flexibility index (Phi) is 7.15. The summed E-state index contributed by atoms with van der Waals surface area (Å²) in [6, 6.07) is 9.50. The van der Waals surface area contributed by atoms with Crippen molar-refractivity contribution in [3.8, 4) is 0 Å². The van der Waals surface area contributed by atoms with E-state index in [-0.39, 0.29) is 11.9 Å². The Balaban J connectivity index is 2.28. The molecule has 1 unspecified atom stereocenters. The van der Waals surface area contributed by atoms with Crippen LogP contribution in [0.1, 0.15) is 31.9 Å². The Hall–Kier alpha value is -1.39. The van der Waals surface area contributed by atoms with Gasteiger partial charge in [-0.3, -0.25) is 4.79 Å². The molecule has 0 saturated heterocycles. The van der Waals surface area contributed by atoms with E-state index >= 15 is 0 Å². The van der Waals surface area contributed by atoms with Gasteiger partial charge in [-0.05, 0) is 18.7 Å². The van der Waals surface area contributed by atoms with E-state index in [1.54, 1.807) is 0 Å². The molecule has 1 atom stereocenters. The Bertz CT molecular complexity index is 363. The first kappa shape index (κ1) is 15.7. The molecule has 4 heteroatoms. The number of carbonyl (C=O) groups is 1. The highest BCUT2D eigenvalue weighted by Crippen LogP contribution is 2.12. The summed E-state index contributed by atoms with van der Waals surface area (Å²) in [4.78, 5) is 14.1. The Morgan fingerprint density at radius 1 is 1.26 bits per heavy atom. The molecule has 0 radical (unpaired) electrons. The summed E-state index contributed by atoms with van der Waals surface area (Å²) in [6.07, 6.45) is 0.336. The number of benzene rings is 1. The second-order valence-corrected chi connectivity index (χ2v) is 4.60. The molecule has 0 aliphatic rings. The molecule has 0 fully saturated rings. The summed E-state index contributed by atoms with van der Waals surface area (Å²) in [5, 5.41) is 2.92. The van der Waals surface area contributed by atoms with Gasteiger partial charge in [-0.15, -0.1) is 0 Å². The lowest BCUT2D eigenvalue weighted by Crippen LogP contribution is -2.35. The summed E-state index contributed by atoms with van der Waals surface area (Å²) < 4.78 is 0. The Morgan fingerprint density at radius 3 is 2.47 bits per heavy atom. The number of amides is 1. The highest BCUT2D eigenvalue weighted by Gasteiger charge is 2.11. The fourth-order valence-corrected chi connectivity index (χ4v) is 1.98. The molecule has 0 saturated carbocycles. The number of hydrogen-bond donors (Lipinski definition) is 2. The van der Waals surface area contributed by atoms with E-state index in [0.29, 0.717) is 13.0 Å². The Morgan fingerprint density at radius 2 is 1.89 bits per heavy atom. The fourth-order valence-electron chi connectivity index (χ4n) is 1.98. The molecule has 4 nitrogen and oxygen atoms in total. The van der Waals surface area contributed by atoms with Gasteiger partial charge in [-0.25, -0.2) is 0 Å². The largest absolute Gasteiger partial charge is 0.355 e. The Labute approximate surface area is 116 Å². The van der Waals surface area contributed by atoms with Crippen molar-refractivity contribution in [3.63, 3.8) is 0 Å². The van der Waals surface area contributed by atoms with Gasteiger partial charge in [-0.1, -0.05) is 44.2 Å². The van der Waals surface area contributed by atoms with Gasteiger partial charge in [0, 0.05) is 25.6 Å². The molecule has 3 N–H and O–H groups in total. The predicted octanol–water partition coefficient (Wildman–Crippen LogP) is 1.53. The number of nitrogens with zero attached hydrogens (tertiary/aromatic N) is 1. The number of rotatable bonds is 8. The van der Waals surface area contributed by atoms with Gasteiger partial charge in [0.1, 0.15) is 0 Å². The van der Waals surface area contributed by atoms with E-state index in [9.17, 15) is 4.79 Å². The number of nitrogens with two attached hydrogens (primary N) is 1. The molecule has 19 heavy (non-hydrogen) atoms. The van der Waals surface area contributed by atoms with Gasteiger partial charge in [0.15, 0.2) is 0 Å². The van der Waals surface area contributed by atoms with Crippen molar-refractivity contribution in [1.29, 1.82) is 0 Å². The van der Waals surface area contributed by atoms with Crippen LogP contribution in [-0.2, 0) is 4.79 Å². The van der Waals surface area contributed by atoms with Gasteiger partial charge < -0.3 is 16.0 Å². The summed E-state index contributed by atoms with van der Waals surface area (Å²) in [5.74, 6) is 0.0171. The molecular weight excluding hydrogens is 238 g/mol. The average molecular weight is 263 g/mol. The molecule has 1 rings (SSSR count). The number of hydrogen-bond acceptors (Lipinski definition) is 3. The third-order valence-electron chi connectivity index (χ3n) is 3.28. The van der Waals surface area contributed by atoms with Gasteiger partial charge in [0.25, 0.3) is 0 Å². The summed E-state index contributed by atoms with van der Waals surface area (Å²) in [7, 11) is 0. The number of carbonyl (C=O) groups excluding carboxylic acids is 1. The van der Waals surface area contributed by atoms with Gasteiger partial charge >= 0.3 is 0 Å². The first-order chi connectivity index (χ1) is 9.17. The van der Waals surface area contributed by atoms with E-state index in [0.717, 1.165) is 25.2 Å². The zero-order valence-electron chi connectivity index (χ0n) is 11.9. The molecule has 0 bridgehead atoms. The van der Waals surface area contributed by atoms with E-state index in [1.807, 2.05) is 30.3 Å². The SMILES string of the molecule is CCN(CC)CCNC(=O)CC(N)c1ccccc1. The standard InChI is InChI=1S/C15H25N3O/c1-3-18(4-2)11-10-17-15(19)12-14(16)13-8-6-5-7-9-13/h5-9,14H,3-4,10-12,16H2,1-2H3,(H,17,19). The maximum atomic E-state index is 11.8. The molecule has 0 heterocycles. The van der Waals surface area contributed by atoms with Gasteiger partial charge in [0.05, 0.1) is 0 Å². The lowest BCUT2D eigenvalue weighted by Gasteiger charge is -2.18. The molecular formula is C15H25N3O. The van der Waals surface area contributed by atoms with Gasteiger partial charge in [-0.2, -0.15) is 0 Å². The van der Waals surface area contributed by atoms with Crippen LogP contribution in [0.3, 0.4) is 0 Å². The smallest absolute Gasteiger partial charge is 0.221 e. The van der Waals surface area contributed by atoms with Crippen molar-refractivity contribution < 1.29 is 4.79 Å². The van der Waals surface area contributed by atoms with E-state index in [4.69, 9.17) is 5.73 Å². The van der Waals surface area contributed by atoms with Crippen LogP contribution in [0.2, 0.25) is 0 Å². The van der Waals surface area contributed by atoms with E-state index < -0.39 is 0 Å². The maximum Gasteiger partial charge on any atom is 0.221 e. The predicted molar refractivity (Wildman–Crippen MR) is 78.8 cm³/mol. The van der Waals surface area contributed by atoms with Gasteiger partial charge in [0.2, 0.25) is 5.91 Å². The monoisotopic (exact) mass is 263 g/mol. The van der Waals surface area contributed by atoms with E-state index in [2.05, 4.69) is 24.1 Å². The van der Waals surface area contributed by atoms with Crippen LogP contribution in [0.15, 0.2) is 30.3 Å². The molecule has 0 aromatic heterocycles. The zero-order valence-corrected chi connectivity index (χ0v) is 11.9. The van der Waals surface area contributed by atoms with Crippen molar-refractivity contribution in [2.45, 2.75) is 26.3 Å². The van der Waals surface area contributed by atoms with Crippen molar-refractivity contribution in [2.24, 2.45) is 5.73 Å². The van der Waals surface area contributed by atoms with E-state index in [1.165, 1.54) is 0 Å². The summed E-state index contributed by atoms with van der Waals surface area (Å²) in [5.41, 5.74) is 7.01. The summed E-state index contributed by atoms with van der Waals surface area (Å²) in [6.45, 7) is 7.83. The third kappa shape index (κ3) is 5.85. The quantitative estimate of drug-likeness (QED) is 0.748. The van der Waals surface area contributed by atoms with Crippen LogP contribution in [0, 0.1) is 0 Å². The zero-order chi connectivity index (χ0) is 14.1. The average Bonchev–Trinajstić information content (AvgIpc) is 2.44. The minimum absolute atomic E-state index is 0.0171. The molecule has 1 aromatic carbocycles. The van der Waals surface area contributed by atoms with Crippen LogP contribution in [0.4, 0.5) is 0 Å². The first-order valence-electron chi connectivity index (χ1n) is 6.97. The molecule has 1 aromatic rings. The number of nitrogens with one attached hydrogen (secondary N) is 1. The third-order valence-corrected chi connectivity index (χ3v) is 3.28. The van der Waals surface area contributed by atoms with Crippen LogP contribution in [0.25, 0.3) is 0 Å².